The SMILES string of the molecule is C=C(C)/C(C)=C/CC.C=C/C(=C\C=C/C)C/C=C\c1cccc(C)c1. The minimum atomic E-state index is 0.918. The average molecular weight is 335 g/mol. The van der Waals surface area contributed by atoms with Gasteiger partial charge < -0.3 is 0 Å². The Morgan fingerprint density at radius 2 is 1.92 bits per heavy atom. The van der Waals surface area contributed by atoms with Gasteiger partial charge in [0.05, 0.1) is 0 Å². The first-order chi connectivity index (χ1) is 11.9. The van der Waals surface area contributed by atoms with Crippen molar-refractivity contribution in [3.8, 4) is 0 Å². The number of allylic oxidation sites excluding steroid dienone is 9. The van der Waals surface area contributed by atoms with E-state index in [9.17, 15) is 0 Å². The predicted octanol–water partition coefficient (Wildman–Crippen LogP) is 8.01. The summed E-state index contributed by atoms with van der Waals surface area (Å²) < 4.78 is 0. The third-order valence-electron chi connectivity index (χ3n) is 3.65. The Hall–Kier alpha value is -2.34. The fourth-order valence-corrected chi connectivity index (χ4v) is 2.02. The molecule has 134 valence electrons. The lowest BCUT2D eigenvalue weighted by atomic mass is 10.1. The van der Waals surface area contributed by atoms with Crippen molar-refractivity contribution in [2.45, 2.75) is 47.5 Å². The van der Waals surface area contributed by atoms with Crippen LogP contribution in [0.2, 0.25) is 0 Å². The Balaban J connectivity index is 0.000000609. The summed E-state index contributed by atoms with van der Waals surface area (Å²) in [7, 11) is 0. The highest BCUT2D eigenvalue weighted by atomic mass is 13.9. The fraction of sp³-hybridized carbons (Fsp3) is 0.280. The zero-order chi connectivity index (χ0) is 19.1. The molecule has 1 aromatic carbocycles. The molecule has 0 heteroatoms. The number of benzene rings is 1. The second kappa shape index (κ2) is 14.0. The van der Waals surface area contributed by atoms with Crippen LogP contribution >= 0.6 is 0 Å². The molecule has 0 heterocycles. The van der Waals surface area contributed by atoms with Crippen molar-refractivity contribution in [3.63, 3.8) is 0 Å². The Labute approximate surface area is 155 Å². The van der Waals surface area contributed by atoms with Gasteiger partial charge in [-0.2, -0.15) is 0 Å². The molecule has 0 atom stereocenters. The van der Waals surface area contributed by atoms with Gasteiger partial charge in [0, 0.05) is 0 Å². The van der Waals surface area contributed by atoms with Crippen LogP contribution in [-0.2, 0) is 0 Å². The van der Waals surface area contributed by atoms with E-state index in [-0.39, 0.29) is 0 Å². The smallest absolute Gasteiger partial charge is 0.00943 e. The fourth-order valence-electron chi connectivity index (χ4n) is 2.02. The van der Waals surface area contributed by atoms with Gasteiger partial charge in [0.1, 0.15) is 0 Å². The van der Waals surface area contributed by atoms with Gasteiger partial charge in [0.15, 0.2) is 0 Å². The molecule has 0 nitrogen and oxygen atoms in total. The molecule has 0 saturated heterocycles. The van der Waals surface area contributed by atoms with E-state index in [1.807, 2.05) is 32.1 Å². The lowest BCUT2D eigenvalue weighted by molar-refractivity contribution is 1.18. The van der Waals surface area contributed by atoms with Crippen molar-refractivity contribution in [2.24, 2.45) is 0 Å². The molecule has 0 N–H and O–H groups in total. The normalized spacial score (nSPS) is 12.2. The minimum Gasteiger partial charge on any atom is -0.0988 e. The Morgan fingerprint density at radius 3 is 2.40 bits per heavy atom. The summed E-state index contributed by atoms with van der Waals surface area (Å²) in [5.74, 6) is 0. The molecule has 1 aromatic rings. The van der Waals surface area contributed by atoms with E-state index in [1.54, 1.807) is 0 Å². The van der Waals surface area contributed by atoms with Crippen molar-refractivity contribution in [1.82, 2.24) is 0 Å². The van der Waals surface area contributed by atoms with Gasteiger partial charge in [-0.3, -0.25) is 0 Å². The summed E-state index contributed by atoms with van der Waals surface area (Å²) in [4.78, 5) is 0. The van der Waals surface area contributed by atoms with Crippen LogP contribution in [0.5, 0.6) is 0 Å². The van der Waals surface area contributed by atoms with Crippen molar-refractivity contribution in [3.05, 3.63) is 102 Å². The van der Waals surface area contributed by atoms with E-state index < -0.39 is 0 Å². The molecule has 0 fully saturated rings. The summed E-state index contributed by atoms with van der Waals surface area (Å²) in [6.07, 6.45) is 16.6. The quantitative estimate of drug-likeness (QED) is 0.443. The van der Waals surface area contributed by atoms with E-state index in [2.05, 4.69) is 82.5 Å². The summed E-state index contributed by atoms with van der Waals surface area (Å²) >= 11 is 0. The van der Waals surface area contributed by atoms with Crippen molar-refractivity contribution < 1.29 is 0 Å². The molecular formula is C25H34. The molecule has 0 saturated carbocycles. The molecule has 0 spiro atoms. The predicted molar refractivity (Wildman–Crippen MR) is 117 cm³/mol. The molecular weight excluding hydrogens is 300 g/mol. The Kier molecular flexibility index (Phi) is 12.7. The average Bonchev–Trinajstić information content (AvgIpc) is 2.58. The third-order valence-corrected chi connectivity index (χ3v) is 3.65. The zero-order valence-electron chi connectivity index (χ0n) is 16.7. The third kappa shape index (κ3) is 11.8. The number of rotatable bonds is 7. The van der Waals surface area contributed by atoms with Gasteiger partial charge in [-0.1, -0.05) is 104 Å². The molecule has 0 aromatic heterocycles. The van der Waals surface area contributed by atoms with Crippen molar-refractivity contribution in [2.75, 3.05) is 0 Å². The van der Waals surface area contributed by atoms with Crippen LogP contribution in [-0.4, -0.2) is 0 Å². The number of aryl methyl sites for hydroxylation is 1. The maximum atomic E-state index is 3.82. The van der Waals surface area contributed by atoms with Gasteiger partial charge in [0.2, 0.25) is 0 Å². The molecule has 0 aliphatic rings. The highest BCUT2D eigenvalue weighted by molar-refractivity contribution is 5.51. The molecule has 0 amide bonds. The topological polar surface area (TPSA) is 0 Å². The van der Waals surface area contributed by atoms with Gasteiger partial charge in [-0.05, 0) is 51.7 Å². The van der Waals surface area contributed by atoms with Gasteiger partial charge >= 0.3 is 0 Å². The van der Waals surface area contributed by atoms with Crippen LogP contribution < -0.4 is 0 Å². The Morgan fingerprint density at radius 1 is 1.20 bits per heavy atom. The van der Waals surface area contributed by atoms with E-state index in [1.165, 1.54) is 27.8 Å². The largest absolute Gasteiger partial charge is 0.0988 e. The second-order valence-corrected chi connectivity index (χ2v) is 6.07. The zero-order valence-corrected chi connectivity index (χ0v) is 16.7. The maximum Gasteiger partial charge on any atom is -0.00943 e. The van der Waals surface area contributed by atoms with E-state index in [4.69, 9.17) is 0 Å². The lowest BCUT2D eigenvalue weighted by Gasteiger charge is -1.97. The Bertz CT molecular complexity index is 648. The van der Waals surface area contributed by atoms with Crippen molar-refractivity contribution in [1.29, 1.82) is 0 Å². The molecule has 0 aliphatic heterocycles. The van der Waals surface area contributed by atoms with Crippen LogP contribution in [0, 0.1) is 6.92 Å². The molecule has 25 heavy (non-hydrogen) atoms. The number of hydrogen-bond acceptors (Lipinski definition) is 0. The van der Waals surface area contributed by atoms with Crippen LogP contribution in [0.4, 0.5) is 0 Å². The standard InChI is InChI=1S/C17H20.C8H14/c1-4-6-10-16(5-2)11-8-13-17-12-7-9-15(3)14-17;1-5-6-8(4)7(2)3/h4-10,12-14H,2,11H2,1,3H3;6H,2,5H2,1,3-4H3/b6-4-,13-8-,16-10+;8-6+. The first kappa shape index (κ1) is 22.7. The lowest BCUT2D eigenvalue weighted by Crippen LogP contribution is -1.76. The summed E-state index contributed by atoms with van der Waals surface area (Å²) in [5, 5.41) is 0. The first-order valence-electron chi connectivity index (χ1n) is 8.94. The molecule has 1 rings (SSSR count). The molecule has 0 bridgehead atoms. The van der Waals surface area contributed by atoms with Gasteiger partial charge in [-0.15, -0.1) is 0 Å². The van der Waals surface area contributed by atoms with Gasteiger partial charge in [0.25, 0.3) is 0 Å². The summed E-state index contributed by atoms with van der Waals surface area (Å²) in [5.41, 5.74) is 6.26. The highest BCUT2D eigenvalue weighted by Crippen LogP contribution is 2.09. The highest BCUT2D eigenvalue weighted by Gasteiger charge is 1.89. The summed E-state index contributed by atoms with van der Waals surface area (Å²) in [6.45, 7) is 18.0. The molecule has 0 unspecified atom stereocenters. The van der Waals surface area contributed by atoms with Crippen molar-refractivity contribution >= 4 is 6.08 Å². The van der Waals surface area contributed by atoms with E-state index in [0.29, 0.717) is 0 Å². The first-order valence-corrected chi connectivity index (χ1v) is 8.94. The maximum absolute atomic E-state index is 3.82. The molecule has 0 radical (unpaired) electrons. The van der Waals surface area contributed by atoms with Crippen LogP contribution in [0.3, 0.4) is 0 Å². The van der Waals surface area contributed by atoms with Crippen LogP contribution in [0.15, 0.2) is 90.6 Å². The van der Waals surface area contributed by atoms with Crippen LogP contribution in [0.1, 0.15) is 51.7 Å². The second-order valence-electron chi connectivity index (χ2n) is 6.07. The van der Waals surface area contributed by atoms with Gasteiger partial charge in [-0.25, -0.2) is 0 Å². The van der Waals surface area contributed by atoms with Crippen LogP contribution in [0.25, 0.3) is 6.08 Å². The minimum absolute atomic E-state index is 0.918. The summed E-state index contributed by atoms with van der Waals surface area (Å²) in [6, 6.07) is 8.49. The van der Waals surface area contributed by atoms with E-state index in [0.717, 1.165) is 12.8 Å². The molecule has 0 aliphatic carbocycles. The number of hydrogen-bond donors (Lipinski definition) is 0. The van der Waals surface area contributed by atoms with E-state index >= 15 is 0 Å². The monoisotopic (exact) mass is 334 g/mol.